The maximum Gasteiger partial charge on any atom is 0.294 e. The van der Waals surface area contributed by atoms with E-state index < -0.39 is 11.2 Å². The molecular weight excluding hydrogens is 400 g/mol. The Morgan fingerprint density at radius 2 is 1.35 bits per heavy atom. The van der Waals surface area contributed by atoms with Crippen molar-refractivity contribution in [1.82, 2.24) is 5.32 Å². The maximum atomic E-state index is 10.0. The van der Waals surface area contributed by atoms with E-state index in [0.717, 1.165) is 43.6 Å². The van der Waals surface area contributed by atoms with Crippen molar-refractivity contribution in [2.75, 3.05) is 26.4 Å². The third-order valence-corrected chi connectivity index (χ3v) is 4.78. The molecule has 0 aliphatic rings. The van der Waals surface area contributed by atoms with Crippen molar-refractivity contribution in [3.63, 3.8) is 0 Å². The lowest BCUT2D eigenvalue weighted by Gasteiger charge is -2.15. The van der Waals surface area contributed by atoms with Crippen molar-refractivity contribution in [2.45, 2.75) is 83.8 Å². The van der Waals surface area contributed by atoms with Crippen LogP contribution < -0.4 is 14.8 Å². The van der Waals surface area contributed by atoms with E-state index in [1.54, 1.807) is 0 Å². The van der Waals surface area contributed by atoms with Crippen molar-refractivity contribution < 1.29 is 24.5 Å². The van der Waals surface area contributed by atoms with Crippen LogP contribution in [-0.2, 0) is 4.84 Å². The average Bonchev–Trinajstić information content (AvgIpc) is 2.74. The lowest BCUT2D eigenvalue weighted by Crippen LogP contribution is -2.35. The third kappa shape index (κ3) is 16.3. The summed E-state index contributed by atoms with van der Waals surface area (Å²) in [6.45, 7) is 5.77. The minimum atomic E-state index is -0.728. The highest BCUT2D eigenvalue weighted by molar-refractivity contribution is 5.31. The Kier molecular flexibility index (Phi) is 15.3. The summed E-state index contributed by atoms with van der Waals surface area (Å²) in [6, 6.07) is 7.85. The minimum Gasteiger partial charge on any atom is -0.494 e. The van der Waals surface area contributed by atoms with Crippen LogP contribution in [0, 0.1) is 10.1 Å². The van der Waals surface area contributed by atoms with Gasteiger partial charge in [0, 0.05) is 12.6 Å². The second kappa shape index (κ2) is 17.6. The molecule has 1 atom stereocenters. The highest BCUT2D eigenvalue weighted by Crippen LogP contribution is 2.18. The van der Waals surface area contributed by atoms with Crippen LogP contribution in [-0.4, -0.2) is 48.7 Å². The number of hydrogen-bond donors (Lipinski definition) is 2. The Balaban J connectivity index is 1.95. The molecule has 0 spiro atoms. The Labute approximate surface area is 186 Å². The molecule has 2 N–H and O–H groups in total. The molecular formula is C23H40N2O6. The van der Waals surface area contributed by atoms with Gasteiger partial charge in [0.15, 0.2) is 0 Å². The first-order chi connectivity index (χ1) is 15.0. The van der Waals surface area contributed by atoms with E-state index >= 15 is 0 Å². The molecule has 31 heavy (non-hydrogen) atoms. The largest absolute Gasteiger partial charge is 0.494 e. The lowest BCUT2D eigenvalue weighted by atomic mass is 10.1. The summed E-state index contributed by atoms with van der Waals surface area (Å²) in [5, 5.41) is 22.3. The number of aliphatic hydroxyl groups is 1. The van der Waals surface area contributed by atoms with Gasteiger partial charge in [-0.05, 0) is 37.1 Å². The standard InChI is InChI=1S/C23H40N2O6/c1-20(2)24-18-21(26)19-30-23-14-12-22(13-15-23)29-16-10-8-6-4-3-5-7-9-11-17-31-25(27)28/h12-15,20-21,24,26H,3-11,16-19H2,1-2H3. The van der Waals surface area contributed by atoms with E-state index in [9.17, 15) is 15.2 Å². The molecule has 8 nitrogen and oxygen atoms in total. The zero-order chi connectivity index (χ0) is 22.7. The second-order valence-electron chi connectivity index (χ2n) is 8.09. The van der Waals surface area contributed by atoms with E-state index in [1.165, 1.54) is 25.7 Å². The molecule has 0 saturated heterocycles. The fraction of sp³-hybridized carbons (Fsp3) is 0.739. The Morgan fingerprint density at radius 1 is 0.871 bits per heavy atom. The normalized spacial score (nSPS) is 12.0. The van der Waals surface area contributed by atoms with Crippen molar-refractivity contribution >= 4 is 0 Å². The summed E-state index contributed by atoms with van der Waals surface area (Å²) >= 11 is 0. The molecule has 0 amide bonds. The van der Waals surface area contributed by atoms with Crippen LogP contribution in [0.5, 0.6) is 11.5 Å². The monoisotopic (exact) mass is 440 g/mol. The lowest BCUT2D eigenvalue weighted by molar-refractivity contribution is -0.757. The van der Waals surface area contributed by atoms with Gasteiger partial charge in [0.1, 0.15) is 24.2 Å². The summed E-state index contributed by atoms with van der Waals surface area (Å²) in [7, 11) is 0. The molecule has 0 radical (unpaired) electrons. The van der Waals surface area contributed by atoms with Crippen molar-refractivity contribution in [3.05, 3.63) is 34.4 Å². The molecule has 1 rings (SSSR count). The molecule has 0 bridgehead atoms. The highest BCUT2D eigenvalue weighted by Gasteiger charge is 2.06. The van der Waals surface area contributed by atoms with Crippen LogP contribution in [0.25, 0.3) is 0 Å². The summed E-state index contributed by atoms with van der Waals surface area (Å²) < 4.78 is 11.4. The van der Waals surface area contributed by atoms with Crippen LogP contribution >= 0.6 is 0 Å². The van der Waals surface area contributed by atoms with Gasteiger partial charge in [0.25, 0.3) is 5.09 Å². The summed E-state index contributed by atoms with van der Waals surface area (Å²) in [5.41, 5.74) is 0. The molecule has 8 heteroatoms. The fourth-order valence-corrected chi connectivity index (χ4v) is 3.03. The van der Waals surface area contributed by atoms with E-state index in [4.69, 9.17) is 9.47 Å². The number of benzene rings is 1. The van der Waals surface area contributed by atoms with Crippen LogP contribution in [0.1, 0.15) is 71.6 Å². The molecule has 1 aromatic rings. The third-order valence-electron chi connectivity index (χ3n) is 4.78. The van der Waals surface area contributed by atoms with Crippen LogP contribution in [0.4, 0.5) is 0 Å². The first-order valence-electron chi connectivity index (χ1n) is 11.5. The van der Waals surface area contributed by atoms with Crippen molar-refractivity contribution in [1.29, 1.82) is 0 Å². The molecule has 0 aromatic heterocycles. The highest BCUT2D eigenvalue weighted by atomic mass is 16.9. The molecule has 1 aromatic carbocycles. The Bertz CT molecular complexity index is 568. The first kappa shape index (κ1) is 27.0. The van der Waals surface area contributed by atoms with Crippen molar-refractivity contribution in [2.24, 2.45) is 0 Å². The molecule has 0 aliphatic carbocycles. The number of hydrogen-bond acceptors (Lipinski definition) is 7. The molecule has 178 valence electrons. The Hall–Kier alpha value is -2.06. The van der Waals surface area contributed by atoms with Gasteiger partial charge in [-0.15, -0.1) is 10.1 Å². The molecule has 0 heterocycles. The topological polar surface area (TPSA) is 103 Å². The van der Waals surface area contributed by atoms with E-state index in [-0.39, 0.29) is 13.2 Å². The van der Waals surface area contributed by atoms with Gasteiger partial charge in [-0.3, -0.25) is 0 Å². The number of aliphatic hydroxyl groups excluding tert-OH is 1. The van der Waals surface area contributed by atoms with E-state index in [2.05, 4.69) is 10.2 Å². The smallest absolute Gasteiger partial charge is 0.294 e. The number of nitrogens with one attached hydrogen (secondary N) is 1. The van der Waals surface area contributed by atoms with Crippen LogP contribution in [0.2, 0.25) is 0 Å². The molecule has 0 saturated carbocycles. The molecule has 0 fully saturated rings. The summed E-state index contributed by atoms with van der Waals surface area (Å²) in [4.78, 5) is 14.3. The van der Waals surface area contributed by atoms with E-state index in [1.807, 2.05) is 38.1 Å². The number of unbranched alkanes of at least 4 members (excludes halogenated alkanes) is 8. The predicted octanol–water partition coefficient (Wildman–Crippen LogP) is 4.52. The van der Waals surface area contributed by atoms with Gasteiger partial charge in [0.2, 0.25) is 0 Å². The number of ether oxygens (including phenoxy) is 2. The van der Waals surface area contributed by atoms with E-state index in [0.29, 0.717) is 19.2 Å². The zero-order valence-electron chi connectivity index (χ0n) is 19.1. The Morgan fingerprint density at radius 3 is 1.87 bits per heavy atom. The molecule has 1 unspecified atom stereocenters. The molecule has 0 aliphatic heterocycles. The van der Waals surface area contributed by atoms with Gasteiger partial charge >= 0.3 is 0 Å². The zero-order valence-corrected chi connectivity index (χ0v) is 19.1. The maximum absolute atomic E-state index is 10.0. The SMILES string of the molecule is CC(C)NCC(O)COc1ccc(OCCCCCCCCCCCO[N+](=O)[O-])cc1. The second-order valence-corrected chi connectivity index (χ2v) is 8.09. The quantitative estimate of drug-likeness (QED) is 0.174. The number of rotatable bonds is 20. The average molecular weight is 441 g/mol. The van der Waals surface area contributed by atoms with Crippen molar-refractivity contribution in [3.8, 4) is 11.5 Å². The van der Waals surface area contributed by atoms with Gasteiger partial charge in [-0.25, -0.2) is 0 Å². The van der Waals surface area contributed by atoms with Gasteiger partial charge in [-0.1, -0.05) is 58.8 Å². The summed E-state index contributed by atoms with van der Waals surface area (Å²) in [5.74, 6) is 1.55. The van der Waals surface area contributed by atoms with Gasteiger partial charge in [-0.2, -0.15) is 0 Å². The van der Waals surface area contributed by atoms with Gasteiger partial charge in [0.05, 0.1) is 13.2 Å². The van der Waals surface area contributed by atoms with Gasteiger partial charge < -0.3 is 24.7 Å². The summed E-state index contributed by atoms with van der Waals surface area (Å²) in [6.07, 6.45) is 9.31. The fourth-order valence-electron chi connectivity index (χ4n) is 3.03. The predicted molar refractivity (Wildman–Crippen MR) is 121 cm³/mol. The van der Waals surface area contributed by atoms with Crippen LogP contribution in [0.3, 0.4) is 0 Å². The first-order valence-corrected chi connectivity index (χ1v) is 11.5. The van der Waals surface area contributed by atoms with Crippen LogP contribution in [0.15, 0.2) is 24.3 Å². The number of nitrogens with zero attached hydrogens (tertiary/aromatic N) is 1. The minimum absolute atomic E-state index is 0.210.